The van der Waals surface area contributed by atoms with Gasteiger partial charge >= 0.3 is 0 Å². The average molecular weight is 133 g/mol. The maximum Gasteiger partial charge on any atom is 0.290 e. The van der Waals surface area contributed by atoms with E-state index in [4.69, 9.17) is 9.90 Å². The molecule has 0 aliphatic carbocycles. The SMILES string of the molecule is CCN=C=S.O=CO. The van der Waals surface area contributed by atoms with Crippen molar-refractivity contribution < 1.29 is 9.90 Å². The van der Waals surface area contributed by atoms with Gasteiger partial charge in [0.05, 0.1) is 5.16 Å². The summed E-state index contributed by atoms with van der Waals surface area (Å²) in [6, 6.07) is 0. The van der Waals surface area contributed by atoms with Crippen LogP contribution in [-0.2, 0) is 4.79 Å². The smallest absolute Gasteiger partial charge is 0.290 e. The highest BCUT2D eigenvalue weighted by molar-refractivity contribution is 7.78. The van der Waals surface area contributed by atoms with Crippen LogP contribution < -0.4 is 0 Å². The van der Waals surface area contributed by atoms with Gasteiger partial charge in [-0.1, -0.05) is 0 Å². The number of hydrogen-bond acceptors (Lipinski definition) is 3. The highest BCUT2D eigenvalue weighted by Crippen LogP contribution is 1.55. The Morgan fingerprint density at radius 1 is 2.00 bits per heavy atom. The lowest BCUT2D eigenvalue weighted by molar-refractivity contribution is -0.122. The first-order valence-electron chi connectivity index (χ1n) is 1.94. The topological polar surface area (TPSA) is 49.7 Å². The molecule has 0 heterocycles. The predicted molar refractivity (Wildman–Crippen MR) is 34.3 cm³/mol. The van der Waals surface area contributed by atoms with Crippen molar-refractivity contribution in [3.63, 3.8) is 0 Å². The fraction of sp³-hybridized carbons (Fsp3) is 0.500. The Morgan fingerprint density at radius 2 is 2.38 bits per heavy atom. The Labute approximate surface area is 53.0 Å². The number of isothiocyanates is 1. The number of hydrogen-bond donors (Lipinski definition) is 1. The van der Waals surface area contributed by atoms with Gasteiger partial charge in [-0.2, -0.15) is 0 Å². The van der Waals surface area contributed by atoms with E-state index in [2.05, 4.69) is 22.4 Å². The third-order valence-corrected chi connectivity index (χ3v) is 0.352. The lowest BCUT2D eigenvalue weighted by Crippen LogP contribution is -1.57. The predicted octanol–water partition coefficient (Wildman–Crippen LogP) is 0.810. The van der Waals surface area contributed by atoms with E-state index in [1.807, 2.05) is 6.92 Å². The van der Waals surface area contributed by atoms with Crippen LogP contribution in [-0.4, -0.2) is 23.3 Å². The number of carbonyl (C=O) groups is 1. The molecule has 0 unspecified atom stereocenters. The molecule has 46 valence electrons. The number of thiocarbonyl (C=S) groups is 1. The summed E-state index contributed by atoms with van der Waals surface area (Å²) in [7, 11) is 0. The minimum Gasteiger partial charge on any atom is -0.483 e. The van der Waals surface area contributed by atoms with Gasteiger partial charge < -0.3 is 5.11 Å². The van der Waals surface area contributed by atoms with Crippen LogP contribution in [0.2, 0.25) is 0 Å². The fourth-order valence-corrected chi connectivity index (χ4v) is 0.194. The normalized spacial score (nSPS) is 5.12. The summed E-state index contributed by atoms with van der Waals surface area (Å²) in [5.74, 6) is 0. The molecule has 0 atom stereocenters. The first-order valence-corrected chi connectivity index (χ1v) is 2.35. The average Bonchev–Trinajstić information content (AvgIpc) is 1.71. The van der Waals surface area contributed by atoms with Gasteiger partial charge in [0.2, 0.25) is 0 Å². The number of carboxylic acid groups (broad SMARTS) is 1. The van der Waals surface area contributed by atoms with E-state index in [9.17, 15) is 0 Å². The Kier molecular flexibility index (Phi) is 20.9. The van der Waals surface area contributed by atoms with E-state index in [1.54, 1.807) is 0 Å². The summed E-state index contributed by atoms with van der Waals surface area (Å²) in [5, 5.41) is 9.11. The molecule has 3 nitrogen and oxygen atoms in total. The zero-order valence-corrected chi connectivity index (χ0v) is 5.31. The largest absolute Gasteiger partial charge is 0.483 e. The first-order chi connectivity index (χ1) is 3.83. The van der Waals surface area contributed by atoms with Crippen LogP contribution in [0.25, 0.3) is 0 Å². The lowest BCUT2D eigenvalue weighted by Gasteiger charge is -1.60. The molecule has 0 bridgehead atoms. The van der Waals surface area contributed by atoms with Crippen LogP contribution in [0.4, 0.5) is 0 Å². The van der Waals surface area contributed by atoms with Crippen molar-refractivity contribution in [3.8, 4) is 0 Å². The molecule has 4 heteroatoms. The van der Waals surface area contributed by atoms with E-state index in [0.717, 1.165) is 6.54 Å². The van der Waals surface area contributed by atoms with Gasteiger partial charge in [0.25, 0.3) is 6.47 Å². The highest BCUT2D eigenvalue weighted by atomic mass is 32.1. The van der Waals surface area contributed by atoms with Gasteiger partial charge in [-0.3, -0.25) is 4.79 Å². The van der Waals surface area contributed by atoms with E-state index >= 15 is 0 Å². The lowest BCUT2D eigenvalue weighted by atomic mass is 10.8. The molecule has 0 amide bonds. The molecular weight excluding hydrogens is 126 g/mol. The van der Waals surface area contributed by atoms with Gasteiger partial charge in [0.1, 0.15) is 0 Å². The Bertz CT molecular complexity index is 88.0. The van der Waals surface area contributed by atoms with Gasteiger partial charge in [-0.25, -0.2) is 4.99 Å². The van der Waals surface area contributed by atoms with Crippen molar-refractivity contribution in [2.75, 3.05) is 6.54 Å². The summed E-state index contributed by atoms with van der Waals surface area (Å²) in [4.78, 5) is 11.9. The zero-order chi connectivity index (χ0) is 6.83. The second-order valence-electron chi connectivity index (χ2n) is 0.671. The van der Waals surface area contributed by atoms with Gasteiger partial charge in [0.15, 0.2) is 0 Å². The third-order valence-electron chi connectivity index (χ3n) is 0.223. The summed E-state index contributed by atoms with van der Waals surface area (Å²) in [6.07, 6.45) is 0. The highest BCUT2D eigenvalue weighted by Gasteiger charge is 1.49. The van der Waals surface area contributed by atoms with Crippen molar-refractivity contribution in [1.29, 1.82) is 0 Å². The summed E-state index contributed by atoms with van der Waals surface area (Å²) in [6.45, 7) is 2.42. The maximum absolute atomic E-state index is 8.36. The minimum atomic E-state index is -0.250. The molecular formula is C4H7NO2S. The number of aliphatic imine (C=N–C) groups is 1. The Balaban J connectivity index is 0. The molecule has 0 aromatic rings. The molecule has 1 N–H and O–H groups in total. The Hall–Kier alpha value is -0.730. The van der Waals surface area contributed by atoms with Crippen molar-refractivity contribution >= 4 is 23.9 Å². The van der Waals surface area contributed by atoms with Crippen molar-refractivity contribution in [2.24, 2.45) is 4.99 Å². The van der Waals surface area contributed by atoms with Crippen molar-refractivity contribution in [2.45, 2.75) is 6.92 Å². The van der Waals surface area contributed by atoms with Gasteiger partial charge in [-0.15, -0.1) is 0 Å². The van der Waals surface area contributed by atoms with E-state index in [-0.39, 0.29) is 6.47 Å². The second kappa shape index (κ2) is 16.3. The quantitative estimate of drug-likeness (QED) is 0.327. The van der Waals surface area contributed by atoms with Crippen LogP contribution >= 0.6 is 12.2 Å². The molecule has 0 saturated heterocycles. The van der Waals surface area contributed by atoms with Crippen LogP contribution in [0.5, 0.6) is 0 Å². The van der Waals surface area contributed by atoms with Crippen molar-refractivity contribution in [3.05, 3.63) is 0 Å². The molecule has 0 aromatic heterocycles. The van der Waals surface area contributed by atoms with Gasteiger partial charge in [0, 0.05) is 6.54 Å². The molecule has 8 heavy (non-hydrogen) atoms. The third kappa shape index (κ3) is 59.6. The van der Waals surface area contributed by atoms with E-state index in [0.29, 0.717) is 0 Å². The van der Waals surface area contributed by atoms with E-state index in [1.165, 1.54) is 0 Å². The molecule has 0 spiro atoms. The van der Waals surface area contributed by atoms with Crippen LogP contribution in [0.15, 0.2) is 4.99 Å². The molecule has 0 rings (SSSR count). The monoisotopic (exact) mass is 133 g/mol. The first kappa shape index (κ1) is 10.3. The zero-order valence-electron chi connectivity index (χ0n) is 4.50. The van der Waals surface area contributed by atoms with Crippen LogP contribution in [0.3, 0.4) is 0 Å². The molecule has 0 fully saturated rings. The Morgan fingerprint density at radius 3 is 2.38 bits per heavy atom. The van der Waals surface area contributed by atoms with Crippen LogP contribution in [0.1, 0.15) is 6.92 Å². The second-order valence-corrected chi connectivity index (χ2v) is 0.854. The fourth-order valence-electron chi connectivity index (χ4n) is 0.0645. The summed E-state index contributed by atoms with van der Waals surface area (Å²) in [5.41, 5.74) is 0. The number of rotatable bonds is 1. The number of nitrogens with zero attached hydrogens (tertiary/aromatic N) is 1. The van der Waals surface area contributed by atoms with E-state index < -0.39 is 0 Å². The van der Waals surface area contributed by atoms with Crippen molar-refractivity contribution in [1.82, 2.24) is 0 Å². The molecule has 0 aromatic carbocycles. The molecule has 0 aliphatic heterocycles. The summed E-state index contributed by atoms with van der Waals surface area (Å²) < 4.78 is 0. The standard InChI is InChI=1S/C3H5NS.CH2O2/c1-2-4-3-5;2-1-3/h2H2,1H3;1H,(H,2,3). The minimum absolute atomic E-state index is 0.250. The van der Waals surface area contributed by atoms with Gasteiger partial charge in [-0.05, 0) is 19.1 Å². The molecule has 0 aliphatic rings. The molecule has 0 radical (unpaired) electrons. The molecule has 0 saturated carbocycles. The maximum atomic E-state index is 8.36. The van der Waals surface area contributed by atoms with Crippen LogP contribution in [0, 0.1) is 0 Å². The summed E-state index contributed by atoms with van der Waals surface area (Å²) >= 11 is 4.23.